The van der Waals surface area contributed by atoms with Crippen LogP contribution in [0.2, 0.25) is 0 Å². The van der Waals surface area contributed by atoms with Gasteiger partial charge in [-0.2, -0.15) is 0 Å². The average molecular weight is 895 g/mol. The molecule has 2 aliphatic carbocycles. The molecule has 67 heavy (non-hydrogen) atoms. The van der Waals surface area contributed by atoms with Crippen LogP contribution in [0.3, 0.4) is 0 Å². The first kappa shape index (κ1) is 39.8. The molecule has 3 nitrogen and oxygen atoms in total. The van der Waals surface area contributed by atoms with E-state index in [1.807, 2.05) is 17.8 Å². The zero-order chi connectivity index (χ0) is 44.4. The molecule has 10 aromatic rings. The van der Waals surface area contributed by atoms with Gasteiger partial charge in [-0.25, -0.2) is 0 Å². The van der Waals surface area contributed by atoms with Crippen LogP contribution >= 0.6 is 11.8 Å². The van der Waals surface area contributed by atoms with Crippen LogP contribution in [-0.2, 0) is 5.75 Å². The van der Waals surface area contributed by atoms with Crippen molar-refractivity contribution in [3.05, 3.63) is 260 Å². The number of anilines is 5. The van der Waals surface area contributed by atoms with E-state index in [-0.39, 0.29) is 5.54 Å². The second-order valence-corrected chi connectivity index (χ2v) is 22.9. The number of rotatable bonds is 10. The number of thioether (sulfide) groups is 1. The van der Waals surface area contributed by atoms with E-state index in [0.29, 0.717) is 5.92 Å². The van der Waals surface area contributed by atoms with E-state index in [4.69, 9.17) is 4.42 Å². The summed E-state index contributed by atoms with van der Waals surface area (Å²) in [4.78, 5) is 6.39. The van der Waals surface area contributed by atoms with Crippen molar-refractivity contribution in [1.29, 1.82) is 0 Å². The molecule has 1 aliphatic heterocycles. The third-order valence-corrected chi connectivity index (χ3v) is 20.2. The van der Waals surface area contributed by atoms with E-state index < -0.39 is 8.07 Å². The second-order valence-electron chi connectivity index (χ2n) is 18.0. The van der Waals surface area contributed by atoms with Crippen LogP contribution in [0.4, 0.5) is 28.4 Å². The van der Waals surface area contributed by atoms with E-state index in [9.17, 15) is 0 Å². The number of allylic oxidation sites excluding steroid dienone is 2. The number of nitrogens with zero attached hydrogens (tertiary/aromatic N) is 2. The molecule has 9 aromatic carbocycles. The first-order valence-electron chi connectivity index (χ1n) is 23.3. The van der Waals surface area contributed by atoms with Gasteiger partial charge in [0.05, 0.1) is 5.54 Å². The minimum Gasteiger partial charge on any atom is -0.456 e. The quantitative estimate of drug-likeness (QED) is 0.101. The van der Waals surface area contributed by atoms with E-state index in [2.05, 4.69) is 252 Å². The van der Waals surface area contributed by atoms with Gasteiger partial charge in [0.15, 0.2) is 8.07 Å². The fraction of sp³-hybridized carbons (Fsp3) is 0.0645. The average Bonchev–Trinajstić information content (AvgIpc) is 4.01. The topological polar surface area (TPSA) is 19.6 Å². The van der Waals surface area contributed by atoms with Gasteiger partial charge in [0.2, 0.25) is 0 Å². The Morgan fingerprint density at radius 1 is 0.478 bits per heavy atom. The summed E-state index contributed by atoms with van der Waals surface area (Å²) in [6.07, 6.45) is 8.80. The lowest BCUT2D eigenvalue weighted by Gasteiger charge is -2.39. The number of furan rings is 1. The van der Waals surface area contributed by atoms with Crippen molar-refractivity contribution in [2.45, 2.75) is 22.6 Å². The third-order valence-electron chi connectivity index (χ3n) is 14.3. The fourth-order valence-corrected chi connectivity index (χ4v) is 17.1. The summed E-state index contributed by atoms with van der Waals surface area (Å²) in [6, 6.07) is 84.9. The lowest BCUT2D eigenvalue weighted by atomic mass is 9.97. The Labute approximate surface area is 397 Å². The molecule has 2 atom stereocenters. The standard InChI is InChI=1S/C62H46N2OSSi/c1-5-18-46(19-6-1)63(49-32-35-57-56-28-13-15-30-59(56)65-60(57)41-49)48-22-17-27-53(40-48)67(51-23-9-3-10-24-51,52-25-11-4-12-26-52)54-36-37-62(42-45(62)39-54)64(47-20-7-2-8-21-47)50-33-34-55-44(38-50)43-66-61-31-16-14-29-58(55)61/h1-41,45H,42-43H2. The van der Waals surface area contributed by atoms with E-state index >= 15 is 0 Å². The summed E-state index contributed by atoms with van der Waals surface area (Å²) in [5.74, 6) is 1.29. The van der Waals surface area contributed by atoms with Gasteiger partial charge in [0.25, 0.3) is 0 Å². The van der Waals surface area contributed by atoms with E-state index in [0.717, 1.165) is 51.2 Å². The van der Waals surface area contributed by atoms with Gasteiger partial charge < -0.3 is 14.2 Å². The molecular formula is C62H46N2OSSi. The predicted octanol–water partition coefficient (Wildman–Crippen LogP) is 14.4. The lowest BCUT2D eigenvalue weighted by Crippen LogP contribution is -2.68. The molecule has 1 saturated carbocycles. The number of hydrogen-bond acceptors (Lipinski definition) is 4. The molecule has 0 amide bonds. The summed E-state index contributed by atoms with van der Waals surface area (Å²) in [6.45, 7) is 0. The van der Waals surface area contributed by atoms with Crippen molar-refractivity contribution in [1.82, 2.24) is 0 Å². The van der Waals surface area contributed by atoms with Gasteiger partial charge in [-0.1, -0.05) is 170 Å². The highest BCUT2D eigenvalue weighted by Crippen LogP contribution is 2.58. The molecular weight excluding hydrogens is 849 g/mol. The summed E-state index contributed by atoms with van der Waals surface area (Å²) in [7, 11) is -2.95. The van der Waals surface area contributed by atoms with Crippen molar-refractivity contribution in [3.8, 4) is 11.1 Å². The smallest absolute Gasteiger partial charge is 0.179 e. The molecule has 0 radical (unpaired) electrons. The van der Waals surface area contributed by atoms with E-state index in [1.54, 1.807) is 0 Å². The minimum atomic E-state index is -2.95. The van der Waals surface area contributed by atoms with Gasteiger partial charge in [0.1, 0.15) is 11.2 Å². The van der Waals surface area contributed by atoms with Crippen molar-refractivity contribution in [3.63, 3.8) is 0 Å². The first-order valence-corrected chi connectivity index (χ1v) is 26.3. The maximum absolute atomic E-state index is 6.48. The van der Waals surface area contributed by atoms with Crippen LogP contribution in [0, 0.1) is 5.92 Å². The summed E-state index contributed by atoms with van der Waals surface area (Å²) >= 11 is 1.95. The zero-order valence-corrected chi connectivity index (χ0v) is 38.7. The van der Waals surface area contributed by atoms with Crippen LogP contribution in [-0.4, -0.2) is 13.6 Å². The Hall–Kier alpha value is -7.57. The second kappa shape index (κ2) is 16.1. The lowest BCUT2D eigenvalue weighted by molar-refractivity contribution is 0.669. The molecule has 2 unspecified atom stereocenters. The molecule has 1 aromatic heterocycles. The highest BCUT2D eigenvalue weighted by Gasteiger charge is 2.59. The maximum Gasteiger partial charge on any atom is 0.179 e. The van der Waals surface area contributed by atoms with Gasteiger partial charge in [-0.05, 0) is 117 Å². The first-order chi connectivity index (χ1) is 33.2. The molecule has 0 bridgehead atoms. The SMILES string of the molecule is C1=CC2(N(c3ccccc3)c3ccc4c(c3)CSc3ccccc3-4)CC2C=C1[Si](c1ccccc1)(c1ccccc1)c1cccc(N(c2ccccc2)c2ccc3c(c2)oc2ccccc23)c1. The number of hydrogen-bond donors (Lipinski definition) is 0. The Kier molecular flexibility index (Phi) is 9.55. The molecule has 0 saturated heterocycles. The van der Waals surface area contributed by atoms with Gasteiger partial charge in [0, 0.05) is 61.8 Å². The van der Waals surface area contributed by atoms with Crippen molar-refractivity contribution < 1.29 is 4.42 Å². The summed E-state index contributed by atoms with van der Waals surface area (Å²) in [5.41, 5.74) is 11.4. The maximum atomic E-state index is 6.48. The molecule has 0 N–H and O–H groups in total. The van der Waals surface area contributed by atoms with Crippen LogP contribution < -0.4 is 25.4 Å². The summed E-state index contributed by atoms with van der Waals surface area (Å²) in [5, 5.41) is 7.74. The van der Waals surface area contributed by atoms with Crippen molar-refractivity contribution in [2.24, 2.45) is 5.92 Å². The highest BCUT2D eigenvalue weighted by molar-refractivity contribution is 7.98. The molecule has 3 aliphatic rings. The van der Waals surface area contributed by atoms with Crippen LogP contribution in [0.25, 0.3) is 33.1 Å². The Bertz CT molecular complexity index is 3490. The fourth-order valence-electron chi connectivity index (χ4n) is 11.2. The number of para-hydroxylation sites is 3. The Balaban J connectivity index is 0.961. The largest absolute Gasteiger partial charge is 0.456 e. The molecule has 2 heterocycles. The van der Waals surface area contributed by atoms with Gasteiger partial charge in [-0.15, -0.1) is 11.8 Å². The Morgan fingerprint density at radius 2 is 1.09 bits per heavy atom. The molecule has 0 spiro atoms. The van der Waals surface area contributed by atoms with Gasteiger partial charge in [-0.3, -0.25) is 0 Å². The Morgan fingerprint density at radius 3 is 1.85 bits per heavy atom. The highest BCUT2D eigenvalue weighted by atomic mass is 32.2. The predicted molar refractivity (Wildman–Crippen MR) is 284 cm³/mol. The normalized spacial score (nSPS) is 17.0. The summed E-state index contributed by atoms with van der Waals surface area (Å²) < 4.78 is 6.48. The minimum absolute atomic E-state index is 0.187. The molecule has 5 heteroatoms. The van der Waals surface area contributed by atoms with Crippen molar-refractivity contribution in [2.75, 3.05) is 9.80 Å². The zero-order valence-electron chi connectivity index (χ0n) is 36.9. The van der Waals surface area contributed by atoms with Gasteiger partial charge >= 0.3 is 0 Å². The third kappa shape index (κ3) is 6.56. The molecule has 1 fully saturated rings. The number of fused-ring (bicyclic) bond motifs is 7. The molecule has 320 valence electrons. The van der Waals surface area contributed by atoms with Crippen LogP contribution in [0.1, 0.15) is 12.0 Å². The van der Waals surface area contributed by atoms with E-state index in [1.165, 1.54) is 53.7 Å². The number of benzene rings is 9. The van der Waals surface area contributed by atoms with Crippen molar-refractivity contribution >= 4 is 85.8 Å². The van der Waals surface area contributed by atoms with Crippen LogP contribution in [0.5, 0.6) is 0 Å². The van der Waals surface area contributed by atoms with Crippen LogP contribution in [0.15, 0.2) is 263 Å². The monoisotopic (exact) mass is 894 g/mol. The molecule has 13 rings (SSSR count).